The lowest BCUT2D eigenvalue weighted by molar-refractivity contribution is -0.139. The van der Waals surface area contributed by atoms with Crippen molar-refractivity contribution in [3.8, 4) is 0 Å². The van der Waals surface area contributed by atoms with Crippen LogP contribution in [0.5, 0.6) is 0 Å². The summed E-state index contributed by atoms with van der Waals surface area (Å²) in [4.78, 5) is 37.8. The molecule has 0 atom stereocenters. The highest BCUT2D eigenvalue weighted by molar-refractivity contribution is 8.00. The van der Waals surface area contributed by atoms with Crippen LogP contribution >= 0.6 is 11.8 Å². The van der Waals surface area contributed by atoms with Crippen molar-refractivity contribution >= 4 is 29.6 Å². The van der Waals surface area contributed by atoms with Gasteiger partial charge in [-0.3, -0.25) is 15.0 Å². The summed E-state index contributed by atoms with van der Waals surface area (Å²) in [6, 6.07) is 7.24. The average molecular weight is 347 g/mol. The van der Waals surface area contributed by atoms with Gasteiger partial charge in [-0.2, -0.15) is 5.01 Å². The highest BCUT2D eigenvalue weighted by Gasteiger charge is 2.52. The number of hydrogen-bond donors (Lipinski definition) is 2. The normalized spacial score (nSPS) is 19.5. The van der Waals surface area contributed by atoms with E-state index in [0.717, 1.165) is 34.7 Å². The number of imide groups is 1. The molecule has 1 saturated heterocycles. The number of aryl methyl sites for hydroxylation is 1. The number of nitrogens with zero attached hydrogens (tertiary/aromatic N) is 1. The van der Waals surface area contributed by atoms with Gasteiger partial charge in [0.15, 0.2) is 0 Å². The zero-order chi connectivity index (χ0) is 17.2. The maximum atomic E-state index is 12.6. The molecule has 3 rings (SSSR count). The molecule has 1 heterocycles. The van der Waals surface area contributed by atoms with E-state index in [4.69, 9.17) is 0 Å². The van der Waals surface area contributed by atoms with Crippen LogP contribution in [0.3, 0.4) is 0 Å². The van der Waals surface area contributed by atoms with Crippen molar-refractivity contribution in [2.75, 3.05) is 5.75 Å². The number of thioether (sulfide) groups is 1. The van der Waals surface area contributed by atoms with Crippen molar-refractivity contribution in [1.82, 2.24) is 15.8 Å². The van der Waals surface area contributed by atoms with Gasteiger partial charge in [0.05, 0.1) is 5.75 Å². The van der Waals surface area contributed by atoms with Gasteiger partial charge in [-0.1, -0.05) is 37.5 Å². The van der Waals surface area contributed by atoms with Gasteiger partial charge in [0.2, 0.25) is 5.91 Å². The number of nitrogens with one attached hydrogen (secondary N) is 2. The number of benzene rings is 1. The lowest BCUT2D eigenvalue weighted by atomic mass is 9.82. The lowest BCUT2D eigenvalue weighted by Crippen LogP contribution is -2.51. The molecule has 2 aliphatic rings. The van der Waals surface area contributed by atoms with Crippen LogP contribution in [0.1, 0.15) is 37.7 Å². The van der Waals surface area contributed by atoms with Gasteiger partial charge in [-0.15, -0.1) is 11.8 Å². The smallest absolute Gasteiger partial charge is 0.322 e. The maximum Gasteiger partial charge on any atom is 0.344 e. The van der Waals surface area contributed by atoms with E-state index < -0.39 is 11.6 Å². The van der Waals surface area contributed by atoms with E-state index in [1.807, 2.05) is 31.2 Å². The molecular formula is C17H21N3O3S. The molecule has 0 aromatic heterocycles. The van der Waals surface area contributed by atoms with Crippen LogP contribution < -0.4 is 10.7 Å². The predicted molar refractivity (Wildman–Crippen MR) is 91.2 cm³/mol. The number of hydrazine groups is 1. The minimum Gasteiger partial charge on any atom is -0.322 e. The largest absolute Gasteiger partial charge is 0.344 e. The van der Waals surface area contributed by atoms with Gasteiger partial charge in [0.1, 0.15) is 5.54 Å². The van der Waals surface area contributed by atoms with Crippen LogP contribution in [0.25, 0.3) is 0 Å². The first kappa shape index (κ1) is 16.8. The van der Waals surface area contributed by atoms with E-state index in [-0.39, 0.29) is 17.6 Å². The Bertz CT molecular complexity index is 671. The van der Waals surface area contributed by atoms with E-state index in [9.17, 15) is 14.4 Å². The first-order chi connectivity index (χ1) is 11.5. The molecule has 0 bridgehead atoms. The molecule has 6 nitrogen and oxygen atoms in total. The Kier molecular flexibility index (Phi) is 4.80. The van der Waals surface area contributed by atoms with Gasteiger partial charge < -0.3 is 5.32 Å². The number of carbonyl (C=O) groups is 3. The number of amides is 4. The zero-order valence-electron chi connectivity index (χ0n) is 13.6. The molecule has 1 saturated carbocycles. The topological polar surface area (TPSA) is 78.5 Å². The van der Waals surface area contributed by atoms with Gasteiger partial charge in [-0.25, -0.2) is 4.79 Å². The van der Waals surface area contributed by atoms with Crippen molar-refractivity contribution in [3.63, 3.8) is 0 Å². The Morgan fingerprint density at radius 2 is 1.96 bits per heavy atom. The Balaban J connectivity index is 1.59. The van der Waals surface area contributed by atoms with E-state index in [1.54, 1.807) is 0 Å². The van der Waals surface area contributed by atoms with Crippen molar-refractivity contribution in [1.29, 1.82) is 0 Å². The molecule has 0 radical (unpaired) electrons. The van der Waals surface area contributed by atoms with Gasteiger partial charge in [-0.05, 0) is 31.4 Å². The quantitative estimate of drug-likeness (QED) is 0.647. The van der Waals surface area contributed by atoms with Crippen molar-refractivity contribution in [2.24, 2.45) is 0 Å². The fourth-order valence-electron chi connectivity index (χ4n) is 3.23. The fourth-order valence-corrected chi connectivity index (χ4v) is 4.06. The number of hydrogen-bond acceptors (Lipinski definition) is 4. The van der Waals surface area contributed by atoms with Crippen LogP contribution in [-0.2, 0) is 9.59 Å². The summed E-state index contributed by atoms with van der Waals surface area (Å²) in [7, 11) is 0. The van der Waals surface area contributed by atoms with E-state index in [1.165, 1.54) is 11.8 Å². The average Bonchev–Trinajstić information content (AvgIpc) is 2.79. The number of carbonyl (C=O) groups excluding carboxylic acids is 3. The second-order valence-electron chi connectivity index (χ2n) is 6.30. The van der Waals surface area contributed by atoms with E-state index in [2.05, 4.69) is 10.7 Å². The lowest BCUT2D eigenvalue weighted by Gasteiger charge is -2.30. The molecular weight excluding hydrogens is 326 g/mol. The van der Waals surface area contributed by atoms with Crippen LogP contribution in [0, 0.1) is 6.92 Å². The minimum atomic E-state index is -0.814. The molecule has 1 aliphatic carbocycles. The number of rotatable bonds is 4. The first-order valence-corrected chi connectivity index (χ1v) is 9.15. The summed E-state index contributed by atoms with van der Waals surface area (Å²) >= 11 is 1.39. The molecule has 2 N–H and O–H groups in total. The Morgan fingerprint density at radius 3 is 2.67 bits per heavy atom. The third kappa shape index (κ3) is 3.26. The number of urea groups is 1. The Hall–Kier alpha value is -2.02. The fraction of sp³-hybridized carbons (Fsp3) is 0.471. The summed E-state index contributed by atoms with van der Waals surface area (Å²) in [6.45, 7) is 1.98. The van der Waals surface area contributed by atoms with E-state index >= 15 is 0 Å². The highest BCUT2D eigenvalue weighted by atomic mass is 32.2. The standard InChI is InChI=1S/C17H21N3O3S/c1-12-7-3-4-8-13(12)24-11-14(21)19-20-15(22)17(18-16(20)23)9-5-2-6-10-17/h3-4,7-8H,2,5-6,9-11H2,1H3,(H,18,23)(H,19,21). The van der Waals surface area contributed by atoms with Crippen molar-refractivity contribution in [2.45, 2.75) is 49.5 Å². The molecule has 1 aliphatic heterocycles. The van der Waals surface area contributed by atoms with Gasteiger partial charge in [0.25, 0.3) is 5.91 Å². The zero-order valence-corrected chi connectivity index (χ0v) is 14.4. The molecule has 128 valence electrons. The summed E-state index contributed by atoms with van der Waals surface area (Å²) in [5.74, 6) is -0.546. The van der Waals surface area contributed by atoms with Crippen LogP contribution in [0.2, 0.25) is 0 Å². The second-order valence-corrected chi connectivity index (χ2v) is 7.32. The maximum absolute atomic E-state index is 12.6. The van der Waals surface area contributed by atoms with Crippen LogP contribution in [-0.4, -0.2) is 34.1 Å². The third-order valence-corrected chi connectivity index (χ3v) is 5.73. The van der Waals surface area contributed by atoms with Crippen LogP contribution in [0.4, 0.5) is 4.79 Å². The molecule has 2 fully saturated rings. The summed E-state index contributed by atoms with van der Waals surface area (Å²) < 4.78 is 0. The highest BCUT2D eigenvalue weighted by Crippen LogP contribution is 2.33. The summed E-state index contributed by atoms with van der Waals surface area (Å²) in [5, 5.41) is 3.63. The van der Waals surface area contributed by atoms with Crippen LogP contribution in [0.15, 0.2) is 29.2 Å². The second kappa shape index (κ2) is 6.84. The Labute approximate surface area is 145 Å². The summed E-state index contributed by atoms with van der Waals surface area (Å²) in [5.41, 5.74) is 2.73. The van der Waals surface area contributed by atoms with Gasteiger partial charge in [0, 0.05) is 4.90 Å². The monoisotopic (exact) mass is 347 g/mol. The van der Waals surface area contributed by atoms with E-state index in [0.29, 0.717) is 12.8 Å². The molecule has 24 heavy (non-hydrogen) atoms. The molecule has 4 amide bonds. The summed E-state index contributed by atoms with van der Waals surface area (Å²) in [6.07, 6.45) is 4.18. The first-order valence-electron chi connectivity index (χ1n) is 8.16. The molecule has 1 spiro atoms. The van der Waals surface area contributed by atoms with Crippen molar-refractivity contribution < 1.29 is 14.4 Å². The molecule has 1 aromatic rings. The van der Waals surface area contributed by atoms with Gasteiger partial charge >= 0.3 is 6.03 Å². The minimum absolute atomic E-state index is 0.148. The molecule has 7 heteroatoms. The van der Waals surface area contributed by atoms with Crippen molar-refractivity contribution in [3.05, 3.63) is 29.8 Å². The SMILES string of the molecule is Cc1ccccc1SCC(=O)NN1C(=O)NC2(CCCCC2)C1=O. The molecule has 0 unspecified atom stereocenters. The molecule has 1 aromatic carbocycles. The predicted octanol–water partition coefficient (Wildman–Crippen LogP) is 2.37. The third-order valence-electron chi connectivity index (χ3n) is 4.56. The Morgan fingerprint density at radius 1 is 1.25 bits per heavy atom.